The minimum atomic E-state index is -0.330. The van der Waals surface area contributed by atoms with Gasteiger partial charge in [-0.05, 0) is 55.0 Å². The maximum Gasteiger partial charge on any atom is 0.262 e. The highest BCUT2D eigenvalue weighted by atomic mass is 79.9. The Morgan fingerprint density at radius 2 is 1.73 bits per heavy atom. The Labute approximate surface area is 188 Å². The van der Waals surface area contributed by atoms with Gasteiger partial charge in [-0.1, -0.05) is 57.9 Å². The minimum absolute atomic E-state index is 0.110. The van der Waals surface area contributed by atoms with Crippen molar-refractivity contribution in [2.24, 2.45) is 0 Å². The Kier molecular flexibility index (Phi) is 7.49. The number of benzene rings is 3. The maximum atomic E-state index is 12.4. The minimum Gasteiger partial charge on any atom is -0.482 e. The van der Waals surface area contributed by atoms with Crippen LogP contribution in [0.15, 0.2) is 77.3 Å². The van der Waals surface area contributed by atoms with E-state index < -0.39 is 0 Å². The Morgan fingerprint density at radius 3 is 2.40 bits per heavy atom. The first-order valence-corrected chi connectivity index (χ1v) is 10.4. The fourth-order valence-electron chi connectivity index (χ4n) is 2.74. The van der Waals surface area contributed by atoms with Crippen molar-refractivity contribution in [3.05, 3.63) is 93.4 Å². The Hall–Kier alpha value is -2.83. The predicted octanol–water partition coefficient (Wildman–Crippen LogP) is 5.61. The topological polar surface area (TPSA) is 67.4 Å². The molecular weight excluding hydrogens is 468 g/mol. The van der Waals surface area contributed by atoms with Crippen LogP contribution in [0.4, 0.5) is 5.69 Å². The normalized spacial score (nSPS) is 11.4. The first-order chi connectivity index (χ1) is 14.4. The van der Waals surface area contributed by atoms with E-state index in [9.17, 15) is 9.59 Å². The second-order valence-corrected chi connectivity index (χ2v) is 7.92. The average molecular weight is 488 g/mol. The summed E-state index contributed by atoms with van der Waals surface area (Å²) in [5.41, 5.74) is 2.10. The average Bonchev–Trinajstić information content (AvgIpc) is 2.74. The molecule has 0 bridgehead atoms. The van der Waals surface area contributed by atoms with Crippen LogP contribution in [0.1, 0.15) is 28.9 Å². The van der Waals surface area contributed by atoms with Crippen LogP contribution in [0, 0.1) is 0 Å². The number of rotatable bonds is 7. The van der Waals surface area contributed by atoms with Gasteiger partial charge in [-0.2, -0.15) is 0 Å². The van der Waals surface area contributed by atoms with Gasteiger partial charge in [0.15, 0.2) is 6.61 Å². The number of halogens is 2. The molecule has 2 N–H and O–H groups in total. The van der Waals surface area contributed by atoms with Gasteiger partial charge in [-0.3, -0.25) is 9.59 Å². The zero-order chi connectivity index (χ0) is 21.5. The van der Waals surface area contributed by atoms with Gasteiger partial charge in [0.2, 0.25) is 0 Å². The second kappa shape index (κ2) is 10.3. The quantitative estimate of drug-likeness (QED) is 0.455. The summed E-state index contributed by atoms with van der Waals surface area (Å²) in [6, 6.07) is 21.4. The third-order valence-corrected chi connectivity index (χ3v) is 5.12. The SMILES string of the molecule is CC(NC(=O)c1ccc(NC(=O)COc2ccc(Br)cc2Cl)cc1)c1ccccc1. The molecule has 3 rings (SSSR count). The molecule has 3 aromatic carbocycles. The van der Waals surface area contributed by atoms with Crippen LogP contribution < -0.4 is 15.4 Å². The molecule has 0 aliphatic carbocycles. The molecule has 0 spiro atoms. The van der Waals surface area contributed by atoms with Crippen LogP contribution in [0.5, 0.6) is 5.75 Å². The van der Waals surface area contributed by atoms with Crippen molar-refractivity contribution in [1.29, 1.82) is 0 Å². The van der Waals surface area contributed by atoms with E-state index in [-0.39, 0.29) is 24.5 Å². The summed E-state index contributed by atoms with van der Waals surface area (Å²) in [7, 11) is 0. The van der Waals surface area contributed by atoms with E-state index in [1.807, 2.05) is 37.3 Å². The van der Waals surface area contributed by atoms with Gasteiger partial charge in [0.05, 0.1) is 11.1 Å². The zero-order valence-corrected chi connectivity index (χ0v) is 18.5. The standard InChI is InChI=1S/C23H20BrClN2O3/c1-15(16-5-3-2-4-6-16)26-23(29)17-7-10-19(11-8-17)27-22(28)14-30-21-12-9-18(24)13-20(21)25/h2-13,15H,14H2,1H3,(H,26,29)(H,27,28). The third kappa shape index (κ3) is 6.08. The number of carbonyl (C=O) groups is 2. The molecule has 0 aliphatic rings. The number of ether oxygens (including phenoxy) is 1. The van der Waals surface area contributed by atoms with Crippen molar-refractivity contribution < 1.29 is 14.3 Å². The second-order valence-electron chi connectivity index (χ2n) is 6.59. The molecule has 1 atom stereocenters. The third-order valence-electron chi connectivity index (χ3n) is 4.33. The van der Waals surface area contributed by atoms with Gasteiger partial charge in [0, 0.05) is 15.7 Å². The van der Waals surface area contributed by atoms with Gasteiger partial charge in [0.1, 0.15) is 5.75 Å². The molecule has 154 valence electrons. The first-order valence-electron chi connectivity index (χ1n) is 9.26. The molecule has 0 saturated carbocycles. The van der Waals surface area contributed by atoms with Crippen LogP contribution in [0.2, 0.25) is 5.02 Å². The van der Waals surface area contributed by atoms with Crippen LogP contribution in [0.25, 0.3) is 0 Å². The lowest BCUT2D eigenvalue weighted by Crippen LogP contribution is -2.26. The molecule has 0 radical (unpaired) electrons. The molecule has 0 aromatic heterocycles. The summed E-state index contributed by atoms with van der Waals surface area (Å²) >= 11 is 9.38. The van der Waals surface area contributed by atoms with Crippen molar-refractivity contribution in [2.75, 3.05) is 11.9 Å². The zero-order valence-electron chi connectivity index (χ0n) is 16.2. The molecule has 0 saturated heterocycles. The lowest BCUT2D eigenvalue weighted by molar-refractivity contribution is -0.118. The molecule has 5 nitrogen and oxygen atoms in total. The van der Waals surface area contributed by atoms with Crippen LogP contribution >= 0.6 is 27.5 Å². The highest BCUT2D eigenvalue weighted by molar-refractivity contribution is 9.10. The predicted molar refractivity (Wildman–Crippen MR) is 122 cm³/mol. The van der Waals surface area contributed by atoms with Crippen LogP contribution in [-0.4, -0.2) is 18.4 Å². The van der Waals surface area contributed by atoms with E-state index >= 15 is 0 Å². The van der Waals surface area contributed by atoms with E-state index in [1.54, 1.807) is 42.5 Å². The molecule has 2 amide bonds. The monoisotopic (exact) mass is 486 g/mol. The largest absolute Gasteiger partial charge is 0.482 e. The van der Waals surface area contributed by atoms with Crippen LogP contribution in [0.3, 0.4) is 0 Å². The number of hydrogen-bond donors (Lipinski definition) is 2. The number of carbonyl (C=O) groups excluding carboxylic acids is 2. The number of hydrogen-bond acceptors (Lipinski definition) is 3. The van der Waals surface area contributed by atoms with Gasteiger partial charge >= 0.3 is 0 Å². The van der Waals surface area contributed by atoms with E-state index in [0.717, 1.165) is 10.0 Å². The lowest BCUT2D eigenvalue weighted by Gasteiger charge is -2.14. The maximum absolute atomic E-state index is 12.4. The van der Waals surface area contributed by atoms with Gasteiger partial charge in [-0.15, -0.1) is 0 Å². The van der Waals surface area contributed by atoms with Crippen molar-refractivity contribution in [3.63, 3.8) is 0 Å². The highest BCUT2D eigenvalue weighted by Gasteiger charge is 2.12. The van der Waals surface area contributed by atoms with E-state index in [0.29, 0.717) is 22.0 Å². The number of anilines is 1. The number of amides is 2. The molecule has 1 unspecified atom stereocenters. The van der Waals surface area contributed by atoms with Gasteiger partial charge < -0.3 is 15.4 Å². The molecule has 3 aromatic rings. The first kappa shape index (κ1) is 21.9. The number of nitrogens with one attached hydrogen (secondary N) is 2. The van der Waals surface area contributed by atoms with E-state index in [1.165, 1.54) is 0 Å². The Morgan fingerprint density at radius 1 is 1.03 bits per heavy atom. The summed E-state index contributed by atoms with van der Waals surface area (Å²) < 4.78 is 6.27. The molecule has 30 heavy (non-hydrogen) atoms. The summed E-state index contributed by atoms with van der Waals surface area (Å²) in [6.07, 6.45) is 0. The molecular formula is C23H20BrClN2O3. The summed E-state index contributed by atoms with van der Waals surface area (Å²) in [5, 5.41) is 6.10. The van der Waals surface area contributed by atoms with E-state index in [2.05, 4.69) is 26.6 Å². The highest BCUT2D eigenvalue weighted by Crippen LogP contribution is 2.27. The fourth-order valence-corrected chi connectivity index (χ4v) is 3.47. The molecule has 0 aliphatic heterocycles. The Bertz CT molecular complexity index is 1030. The van der Waals surface area contributed by atoms with Crippen molar-refractivity contribution >= 4 is 45.0 Å². The summed E-state index contributed by atoms with van der Waals surface area (Å²) in [5.74, 6) is -0.0871. The van der Waals surface area contributed by atoms with Gasteiger partial charge in [0.25, 0.3) is 11.8 Å². The van der Waals surface area contributed by atoms with Crippen molar-refractivity contribution in [2.45, 2.75) is 13.0 Å². The molecule has 7 heteroatoms. The van der Waals surface area contributed by atoms with E-state index in [4.69, 9.17) is 16.3 Å². The van der Waals surface area contributed by atoms with Crippen LogP contribution in [-0.2, 0) is 4.79 Å². The lowest BCUT2D eigenvalue weighted by atomic mass is 10.1. The smallest absolute Gasteiger partial charge is 0.262 e. The fraction of sp³-hybridized carbons (Fsp3) is 0.130. The van der Waals surface area contributed by atoms with Gasteiger partial charge in [-0.25, -0.2) is 0 Å². The summed E-state index contributed by atoms with van der Waals surface area (Å²) in [4.78, 5) is 24.6. The molecule has 0 heterocycles. The van der Waals surface area contributed by atoms with Crippen molar-refractivity contribution in [1.82, 2.24) is 5.32 Å². The summed E-state index contributed by atoms with van der Waals surface area (Å²) in [6.45, 7) is 1.75. The Balaban J connectivity index is 1.52. The molecule has 0 fully saturated rings. The van der Waals surface area contributed by atoms with Crippen molar-refractivity contribution in [3.8, 4) is 5.75 Å².